The summed E-state index contributed by atoms with van der Waals surface area (Å²) < 4.78 is 5.37. The van der Waals surface area contributed by atoms with E-state index in [2.05, 4.69) is 51.7 Å². The minimum Gasteiger partial charge on any atom is -0.497 e. The van der Waals surface area contributed by atoms with Crippen molar-refractivity contribution < 1.29 is 4.74 Å². The first-order valence-electron chi connectivity index (χ1n) is 13.0. The summed E-state index contributed by atoms with van der Waals surface area (Å²) in [4.78, 5) is 10.0. The van der Waals surface area contributed by atoms with Crippen LogP contribution < -0.4 is 10.1 Å². The van der Waals surface area contributed by atoms with E-state index >= 15 is 0 Å². The van der Waals surface area contributed by atoms with Crippen LogP contribution in [0, 0.1) is 5.92 Å². The number of nitrogens with one attached hydrogen (secondary N) is 1. The second kappa shape index (κ2) is 16.1. The third-order valence-electron chi connectivity index (χ3n) is 5.78. The van der Waals surface area contributed by atoms with E-state index in [1.165, 1.54) is 18.6 Å². The van der Waals surface area contributed by atoms with Gasteiger partial charge in [0, 0.05) is 22.9 Å². The highest BCUT2D eigenvalue weighted by Crippen LogP contribution is 2.27. The van der Waals surface area contributed by atoms with Crippen molar-refractivity contribution in [3.05, 3.63) is 60.0 Å². The monoisotopic (exact) mass is 465 g/mol. The fourth-order valence-electron chi connectivity index (χ4n) is 3.81. The van der Waals surface area contributed by atoms with E-state index in [0.29, 0.717) is 17.8 Å². The molecular formula is C30H47N3O. The van der Waals surface area contributed by atoms with E-state index in [1.54, 1.807) is 7.11 Å². The lowest BCUT2D eigenvalue weighted by molar-refractivity contribution is 0.415. The van der Waals surface area contributed by atoms with Crippen molar-refractivity contribution in [1.29, 1.82) is 0 Å². The van der Waals surface area contributed by atoms with Gasteiger partial charge in [0.2, 0.25) is 0 Å². The van der Waals surface area contributed by atoms with E-state index in [1.807, 2.05) is 45.1 Å². The van der Waals surface area contributed by atoms with Crippen LogP contribution >= 0.6 is 0 Å². The Balaban J connectivity index is 0.00000281. The van der Waals surface area contributed by atoms with Gasteiger partial charge in [-0.2, -0.15) is 0 Å². The van der Waals surface area contributed by atoms with Crippen LogP contribution in [0.5, 0.6) is 5.75 Å². The van der Waals surface area contributed by atoms with Crippen molar-refractivity contribution in [3.63, 3.8) is 0 Å². The summed E-state index contributed by atoms with van der Waals surface area (Å²) in [5, 5.41) is 3.39. The fraction of sp³-hybridized carbons (Fsp3) is 0.533. The van der Waals surface area contributed by atoms with Gasteiger partial charge < -0.3 is 10.1 Å². The molecule has 1 fully saturated rings. The summed E-state index contributed by atoms with van der Waals surface area (Å²) in [6.07, 6.45) is 11.1. The maximum absolute atomic E-state index is 5.37. The molecule has 1 aromatic carbocycles. The van der Waals surface area contributed by atoms with Crippen LogP contribution in [0.1, 0.15) is 92.6 Å². The number of hydrogen-bond acceptors (Lipinski definition) is 4. The quantitative estimate of drug-likeness (QED) is 0.297. The van der Waals surface area contributed by atoms with Crippen LogP contribution in [0.3, 0.4) is 0 Å². The molecule has 0 heterocycles. The molecule has 1 aliphatic carbocycles. The Morgan fingerprint density at radius 3 is 2.15 bits per heavy atom. The van der Waals surface area contributed by atoms with Crippen LogP contribution in [0.4, 0.5) is 0 Å². The number of allylic oxidation sites excluding steroid dienone is 3. The number of ether oxygens (including phenoxy) is 1. The number of benzene rings is 1. The van der Waals surface area contributed by atoms with Gasteiger partial charge in [-0.1, -0.05) is 53.2 Å². The molecule has 188 valence electrons. The van der Waals surface area contributed by atoms with E-state index in [-0.39, 0.29) is 0 Å². The largest absolute Gasteiger partial charge is 0.497 e. The molecule has 4 nitrogen and oxygen atoms in total. The highest BCUT2D eigenvalue weighted by Gasteiger charge is 2.21. The van der Waals surface area contributed by atoms with E-state index < -0.39 is 0 Å². The Hall–Kier alpha value is -2.62. The number of methoxy groups -OCH3 is 1. The second-order valence-electron chi connectivity index (χ2n) is 8.59. The zero-order valence-electron chi connectivity index (χ0n) is 22.9. The van der Waals surface area contributed by atoms with Crippen molar-refractivity contribution in [2.24, 2.45) is 15.9 Å². The number of nitrogens with zero attached hydrogens (tertiary/aromatic N) is 2. The molecule has 1 saturated carbocycles. The molecule has 0 bridgehead atoms. The van der Waals surface area contributed by atoms with E-state index in [9.17, 15) is 0 Å². The van der Waals surface area contributed by atoms with Crippen LogP contribution in [0.15, 0.2) is 64.4 Å². The SMILES string of the molecule is C=C(/N=C(\C=C/C)C(/C)=C(/N=C(C)C(CCC)CCC)c1ccc(OC)cc1)NC1CC1.CC. The van der Waals surface area contributed by atoms with Crippen LogP contribution in [-0.4, -0.2) is 24.6 Å². The second-order valence-corrected chi connectivity index (χ2v) is 8.59. The Bertz CT molecular complexity index is 865. The van der Waals surface area contributed by atoms with Gasteiger partial charge >= 0.3 is 0 Å². The standard InChI is InChI=1S/C28H41N3O.C2H6/c1-8-11-23(12-9-2)21(5)29-28(24-14-18-26(32-7)19-15-24)20(4)27(13-10-3)31-22(6)30-25-16-17-25;1-2/h10,13-15,18-19,23,25,30H,6,8-9,11-12,16-17H2,1-5,7H3;1-2H3/b13-10-,28-20+,29-21?,31-27+;. The molecule has 0 aromatic heterocycles. The lowest BCUT2D eigenvalue weighted by atomic mass is 9.93. The summed E-state index contributed by atoms with van der Waals surface area (Å²) in [6, 6.07) is 8.65. The molecule has 0 amide bonds. The van der Waals surface area contributed by atoms with Gasteiger partial charge in [0.25, 0.3) is 0 Å². The van der Waals surface area contributed by atoms with Crippen molar-refractivity contribution in [1.82, 2.24) is 5.32 Å². The molecule has 1 aliphatic rings. The minimum absolute atomic E-state index is 0.500. The molecule has 0 unspecified atom stereocenters. The normalized spacial score (nSPS) is 15.1. The molecule has 0 atom stereocenters. The van der Waals surface area contributed by atoms with Crippen LogP contribution in [-0.2, 0) is 0 Å². The zero-order chi connectivity index (χ0) is 25.5. The van der Waals surface area contributed by atoms with Gasteiger partial charge in [0.05, 0.1) is 18.5 Å². The molecule has 1 aromatic rings. The van der Waals surface area contributed by atoms with Crippen LogP contribution in [0.25, 0.3) is 5.70 Å². The zero-order valence-corrected chi connectivity index (χ0v) is 22.9. The first-order chi connectivity index (χ1) is 16.4. The summed E-state index contributed by atoms with van der Waals surface area (Å²) in [5.74, 6) is 2.05. The van der Waals surface area contributed by atoms with Gasteiger partial charge in [-0.05, 0) is 82.7 Å². The molecule has 2 rings (SSSR count). The first kappa shape index (κ1) is 29.4. The Morgan fingerprint density at radius 1 is 1.09 bits per heavy atom. The summed E-state index contributed by atoms with van der Waals surface area (Å²) >= 11 is 0. The van der Waals surface area contributed by atoms with Crippen molar-refractivity contribution in [3.8, 4) is 5.75 Å². The third-order valence-corrected chi connectivity index (χ3v) is 5.78. The van der Waals surface area contributed by atoms with Gasteiger partial charge in [-0.15, -0.1) is 0 Å². The van der Waals surface area contributed by atoms with Gasteiger partial charge in [-0.3, -0.25) is 4.99 Å². The first-order valence-corrected chi connectivity index (χ1v) is 13.0. The lowest BCUT2D eigenvalue weighted by Crippen LogP contribution is -2.15. The maximum Gasteiger partial charge on any atom is 0.119 e. The Labute approximate surface area is 209 Å². The number of aliphatic imine (C=N–C) groups is 2. The molecule has 0 saturated heterocycles. The molecule has 1 N–H and O–H groups in total. The molecule has 0 radical (unpaired) electrons. The highest BCUT2D eigenvalue weighted by atomic mass is 16.5. The van der Waals surface area contributed by atoms with Crippen molar-refractivity contribution in [2.45, 2.75) is 93.0 Å². The lowest BCUT2D eigenvalue weighted by Gasteiger charge is -2.18. The third kappa shape index (κ3) is 9.70. The molecule has 0 aliphatic heterocycles. The Morgan fingerprint density at radius 2 is 1.68 bits per heavy atom. The summed E-state index contributed by atoms with van der Waals surface area (Å²) in [6.45, 7) is 18.9. The van der Waals surface area contributed by atoms with Gasteiger partial charge in [0.1, 0.15) is 11.6 Å². The average Bonchev–Trinajstić information content (AvgIpc) is 3.66. The predicted molar refractivity (Wildman–Crippen MR) is 151 cm³/mol. The van der Waals surface area contributed by atoms with E-state index in [0.717, 1.165) is 54.0 Å². The van der Waals surface area contributed by atoms with Crippen molar-refractivity contribution >= 4 is 17.1 Å². The molecule has 0 spiro atoms. The smallest absolute Gasteiger partial charge is 0.119 e. The maximum atomic E-state index is 5.37. The van der Waals surface area contributed by atoms with Gasteiger partial charge in [-0.25, -0.2) is 4.99 Å². The number of hydrogen-bond donors (Lipinski definition) is 1. The number of rotatable bonds is 13. The summed E-state index contributed by atoms with van der Waals surface area (Å²) in [7, 11) is 1.69. The minimum atomic E-state index is 0.500. The van der Waals surface area contributed by atoms with E-state index in [4.69, 9.17) is 14.7 Å². The molecule has 34 heavy (non-hydrogen) atoms. The molecular weight excluding hydrogens is 418 g/mol. The summed E-state index contributed by atoms with van der Waals surface area (Å²) in [5.41, 5.74) is 5.13. The predicted octanol–water partition coefficient (Wildman–Crippen LogP) is 8.37. The highest BCUT2D eigenvalue weighted by molar-refractivity contribution is 6.13. The molecule has 4 heteroatoms. The topological polar surface area (TPSA) is 46.0 Å². The van der Waals surface area contributed by atoms with Crippen LogP contribution in [0.2, 0.25) is 0 Å². The van der Waals surface area contributed by atoms with Gasteiger partial charge in [0.15, 0.2) is 0 Å². The Kier molecular flexibility index (Phi) is 13.9. The average molecular weight is 466 g/mol. The van der Waals surface area contributed by atoms with Crippen molar-refractivity contribution in [2.75, 3.05) is 7.11 Å². The fourth-order valence-corrected chi connectivity index (χ4v) is 3.81.